The Morgan fingerprint density at radius 3 is 1.73 bits per heavy atom. The summed E-state index contributed by atoms with van der Waals surface area (Å²) in [7, 11) is 1.53. The summed E-state index contributed by atoms with van der Waals surface area (Å²) >= 11 is 0. The maximum atomic E-state index is 12.8. The summed E-state index contributed by atoms with van der Waals surface area (Å²) < 4.78 is 38.4. The van der Waals surface area contributed by atoms with E-state index < -0.39 is 17.3 Å². The minimum Gasteiger partial charge on any atom is -0.385 e. The van der Waals surface area contributed by atoms with Crippen LogP contribution in [0.3, 0.4) is 0 Å². The Morgan fingerprint density at radius 2 is 1.36 bits per heavy atom. The van der Waals surface area contributed by atoms with Crippen molar-refractivity contribution in [2.24, 2.45) is 22.2 Å². The number of hydrogen-bond acceptors (Lipinski definition) is 3. The van der Waals surface area contributed by atoms with Crippen molar-refractivity contribution in [2.45, 2.75) is 17.3 Å². The fourth-order valence-electron chi connectivity index (χ4n) is 2.07. The summed E-state index contributed by atoms with van der Waals surface area (Å²) in [6.45, 7) is 0. The first kappa shape index (κ1) is 16.3. The molecule has 6 N–H and O–H groups in total. The molecule has 0 aromatic heterocycles. The van der Waals surface area contributed by atoms with Gasteiger partial charge in [-0.1, -0.05) is 48.6 Å². The Bertz CT molecular complexity index is 616. The van der Waals surface area contributed by atoms with Gasteiger partial charge in [-0.05, 0) is 11.1 Å². The second-order valence-electron chi connectivity index (χ2n) is 5.22. The topological polar surface area (TPSA) is 90.4 Å². The third kappa shape index (κ3) is 2.77. The third-order valence-electron chi connectivity index (χ3n) is 3.66. The highest BCUT2D eigenvalue weighted by atomic mass is 19.4. The molecular weight excluding hydrogens is 293 g/mol. The van der Waals surface area contributed by atoms with E-state index in [4.69, 9.17) is 17.2 Å². The van der Waals surface area contributed by atoms with Crippen LogP contribution in [0.15, 0.2) is 64.7 Å². The van der Waals surface area contributed by atoms with Crippen molar-refractivity contribution in [3.8, 4) is 0 Å². The predicted molar refractivity (Wildman–Crippen MR) is 81.0 cm³/mol. The van der Waals surface area contributed by atoms with Crippen molar-refractivity contribution < 1.29 is 13.2 Å². The standard InChI is InChI=1S/C15H17F3N4/c1-22-12(19)13(20)6-2-10(3-7-13)11-4-8-14(21,9-5-11)15(16,17)18/h2-9H,20-21H2,1H3,(H2,19,22). The molecule has 2 rings (SSSR count). The number of amidine groups is 1. The maximum absolute atomic E-state index is 12.8. The monoisotopic (exact) mass is 310 g/mol. The van der Waals surface area contributed by atoms with Crippen LogP contribution in [0.25, 0.3) is 0 Å². The first-order valence-corrected chi connectivity index (χ1v) is 6.50. The van der Waals surface area contributed by atoms with E-state index >= 15 is 0 Å². The fourth-order valence-corrected chi connectivity index (χ4v) is 2.07. The average Bonchev–Trinajstić information content (AvgIpc) is 2.47. The molecule has 0 aliphatic heterocycles. The van der Waals surface area contributed by atoms with E-state index in [1.165, 1.54) is 19.2 Å². The number of allylic oxidation sites excluding steroid dienone is 6. The van der Waals surface area contributed by atoms with Gasteiger partial charge in [0, 0.05) is 7.05 Å². The first-order chi connectivity index (χ1) is 10.1. The van der Waals surface area contributed by atoms with Gasteiger partial charge in [0.1, 0.15) is 11.4 Å². The average molecular weight is 310 g/mol. The Labute approximate surface area is 126 Å². The molecule has 0 fully saturated rings. The van der Waals surface area contributed by atoms with E-state index in [1.54, 1.807) is 24.3 Å². The molecule has 0 amide bonds. The van der Waals surface area contributed by atoms with Crippen LogP contribution in [0, 0.1) is 0 Å². The minimum atomic E-state index is -4.53. The molecule has 4 nitrogen and oxygen atoms in total. The third-order valence-corrected chi connectivity index (χ3v) is 3.66. The Balaban J connectivity index is 2.28. The summed E-state index contributed by atoms with van der Waals surface area (Å²) in [5.41, 5.74) is 15.0. The van der Waals surface area contributed by atoms with E-state index in [2.05, 4.69) is 4.99 Å². The van der Waals surface area contributed by atoms with E-state index in [9.17, 15) is 13.2 Å². The van der Waals surface area contributed by atoms with Crippen LogP contribution in [0.2, 0.25) is 0 Å². The molecule has 118 valence electrons. The molecule has 0 saturated heterocycles. The molecular formula is C15H17F3N4. The van der Waals surface area contributed by atoms with Crippen molar-refractivity contribution in [3.05, 3.63) is 59.8 Å². The second-order valence-corrected chi connectivity index (χ2v) is 5.22. The van der Waals surface area contributed by atoms with Crippen molar-refractivity contribution in [1.29, 1.82) is 0 Å². The van der Waals surface area contributed by atoms with Crippen molar-refractivity contribution in [1.82, 2.24) is 0 Å². The number of halogens is 3. The number of rotatable bonds is 1. The van der Waals surface area contributed by atoms with Gasteiger partial charge in [0.05, 0.1) is 0 Å². The van der Waals surface area contributed by atoms with Gasteiger partial charge in [0.25, 0.3) is 0 Å². The zero-order chi connectivity index (χ0) is 16.6. The van der Waals surface area contributed by atoms with Crippen molar-refractivity contribution in [3.63, 3.8) is 0 Å². The van der Waals surface area contributed by atoms with E-state index in [-0.39, 0.29) is 5.84 Å². The molecule has 0 atom stereocenters. The Kier molecular flexibility index (Phi) is 3.88. The molecule has 0 saturated carbocycles. The van der Waals surface area contributed by atoms with Gasteiger partial charge in [0.2, 0.25) is 0 Å². The Hall–Kier alpha value is -2.12. The van der Waals surface area contributed by atoms with Gasteiger partial charge in [-0.15, -0.1) is 0 Å². The van der Waals surface area contributed by atoms with Gasteiger partial charge in [-0.2, -0.15) is 13.2 Å². The van der Waals surface area contributed by atoms with Crippen LogP contribution in [0.1, 0.15) is 0 Å². The van der Waals surface area contributed by atoms with Gasteiger partial charge in [-0.25, -0.2) is 0 Å². The lowest BCUT2D eigenvalue weighted by molar-refractivity contribution is -0.158. The van der Waals surface area contributed by atoms with Gasteiger partial charge in [0.15, 0.2) is 5.54 Å². The number of nitrogens with zero attached hydrogens (tertiary/aromatic N) is 1. The molecule has 0 heterocycles. The lowest BCUT2D eigenvalue weighted by Crippen LogP contribution is -2.50. The van der Waals surface area contributed by atoms with Crippen LogP contribution in [0.5, 0.6) is 0 Å². The fraction of sp³-hybridized carbons (Fsp3) is 0.267. The highest BCUT2D eigenvalue weighted by molar-refractivity contribution is 5.94. The molecule has 2 aliphatic rings. The van der Waals surface area contributed by atoms with E-state index in [0.717, 1.165) is 12.2 Å². The quantitative estimate of drug-likeness (QED) is 0.506. The van der Waals surface area contributed by atoms with Gasteiger partial charge >= 0.3 is 6.18 Å². The smallest absolute Gasteiger partial charge is 0.385 e. The molecule has 0 unspecified atom stereocenters. The number of aliphatic imine (C=N–C) groups is 1. The molecule has 0 spiro atoms. The van der Waals surface area contributed by atoms with E-state index in [0.29, 0.717) is 11.1 Å². The number of hydrogen-bond donors (Lipinski definition) is 3. The summed E-state index contributed by atoms with van der Waals surface area (Å²) in [5, 5.41) is 0. The molecule has 22 heavy (non-hydrogen) atoms. The first-order valence-electron chi connectivity index (χ1n) is 6.50. The van der Waals surface area contributed by atoms with Crippen LogP contribution in [-0.2, 0) is 0 Å². The molecule has 0 radical (unpaired) electrons. The summed E-state index contributed by atoms with van der Waals surface area (Å²) in [6, 6.07) is 0. The zero-order valence-corrected chi connectivity index (χ0v) is 11.9. The highest BCUT2D eigenvalue weighted by Gasteiger charge is 2.49. The van der Waals surface area contributed by atoms with Crippen LogP contribution < -0.4 is 17.2 Å². The SMILES string of the molecule is CN=C(N)C1(N)C=CC(=C2C=CC(N)(C(F)(F)F)C=C2)C=C1. The van der Waals surface area contributed by atoms with Crippen molar-refractivity contribution >= 4 is 5.84 Å². The van der Waals surface area contributed by atoms with Crippen LogP contribution >= 0.6 is 0 Å². The Morgan fingerprint density at radius 1 is 0.955 bits per heavy atom. The largest absolute Gasteiger partial charge is 0.413 e. The van der Waals surface area contributed by atoms with Gasteiger partial charge in [-0.3, -0.25) is 4.99 Å². The number of alkyl halides is 3. The second kappa shape index (κ2) is 5.26. The molecule has 0 bridgehead atoms. The summed E-state index contributed by atoms with van der Waals surface area (Å²) in [5.74, 6) is 0.247. The lowest BCUT2D eigenvalue weighted by Gasteiger charge is -2.28. The van der Waals surface area contributed by atoms with Gasteiger partial charge < -0.3 is 17.2 Å². The van der Waals surface area contributed by atoms with Crippen molar-refractivity contribution in [2.75, 3.05) is 7.05 Å². The van der Waals surface area contributed by atoms with Crippen LogP contribution in [-0.4, -0.2) is 30.1 Å². The molecule has 2 aliphatic carbocycles. The lowest BCUT2D eigenvalue weighted by atomic mass is 9.87. The molecule has 0 aromatic rings. The minimum absolute atomic E-state index is 0.247. The maximum Gasteiger partial charge on any atom is 0.413 e. The number of nitrogens with two attached hydrogens (primary N) is 3. The highest BCUT2D eigenvalue weighted by Crippen LogP contribution is 2.34. The summed E-state index contributed by atoms with van der Waals surface area (Å²) in [6.07, 6.45) is 6.70. The van der Waals surface area contributed by atoms with Crippen LogP contribution in [0.4, 0.5) is 13.2 Å². The predicted octanol–water partition coefficient (Wildman–Crippen LogP) is 1.48. The van der Waals surface area contributed by atoms with E-state index in [1.807, 2.05) is 0 Å². The molecule has 7 heteroatoms. The molecule has 0 aromatic carbocycles. The normalized spacial score (nSPS) is 32.0. The summed E-state index contributed by atoms with van der Waals surface area (Å²) in [4.78, 5) is 3.85. The zero-order valence-electron chi connectivity index (χ0n) is 11.9.